The van der Waals surface area contributed by atoms with E-state index in [0.717, 1.165) is 6.42 Å². The molecule has 1 aromatic rings. The molecule has 2 N–H and O–H groups in total. The molecule has 0 saturated carbocycles. The molecule has 136 valence electrons. The van der Waals surface area contributed by atoms with Gasteiger partial charge in [-0.15, -0.1) is 0 Å². The highest BCUT2D eigenvalue weighted by Crippen LogP contribution is 2.35. The number of benzene rings is 1. The van der Waals surface area contributed by atoms with E-state index in [2.05, 4.69) is 15.4 Å². The molecule has 1 atom stereocenters. The van der Waals surface area contributed by atoms with Crippen LogP contribution in [0.5, 0.6) is 5.75 Å². The first kappa shape index (κ1) is 19.1. The normalized spacial score (nSPS) is 17.2. The second kappa shape index (κ2) is 8.75. The number of ether oxygens (including phenoxy) is 2. The largest absolute Gasteiger partial charge is 0.463 e. The summed E-state index contributed by atoms with van der Waals surface area (Å²) in [6.07, 6.45) is 1.35. The molecular weight excluding hydrogens is 350 g/mol. The molecular formula is C17H20F2N2O3S. The minimum Gasteiger partial charge on any atom is -0.463 e. The smallest absolute Gasteiger partial charge is 0.387 e. The van der Waals surface area contributed by atoms with E-state index < -0.39 is 18.6 Å². The van der Waals surface area contributed by atoms with Crippen molar-refractivity contribution in [1.82, 2.24) is 10.6 Å². The fourth-order valence-corrected chi connectivity index (χ4v) is 2.91. The van der Waals surface area contributed by atoms with Crippen LogP contribution in [0.3, 0.4) is 0 Å². The molecule has 25 heavy (non-hydrogen) atoms. The molecule has 1 aromatic carbocycles. The second-order valence-corrected chi connectivity index (χ2v) is 5.72. The molecule has 1 aliphatic heterocycles. The Bertz CT molecular complexity index is 680. The molecule has 0 unspecified atom stereocenters. The van der Waals surface area contributed by atoms with Crippen LogP contribution >= 0.6 is 12.2 Å². The van der Waals surface area contributed by atoms with E-state index in [9.17, 15) is 13.6 Å². The number of alkyl halides is 2. The lowest BCUT2D eigenvalue weighted by atomic mass is 9.93. The highest BCUT2D eigenvalue weighted by molar-refractivity contribution is 7.80. The number of allylic oxidation sites excluding steroid dienone is 1. The van der Waals surface area contributed by atoms with Crippen molar-refractivity contribution < 1.29 is 23.0 Å². The van der Waals surface area contributed by atoms with Crippen LogP contribution in [0.2, 0.25) is 0 Å². The fourth-order valence-electron chi connectivity index (χ4n) is 2.67. The maximum atomic E-state index is 12.7. The van der Waals surface area contributed by atoms with Gasteiger partial charge in [0.1, 0.15) is 5.75 Å². The van der Waals surface area contributed by atoms with Gasteiger partial charge in [0.05, 0.1) is 18.2 Å². The van der Waals surface area contributed by atoms with Crippen molar-refractivity contribution in [2.24, 2.45) is 0 Å². The summed E-state index contributed by atoms with van der Waals surface area (Å²) < 4.78 is 35.2. The summed E-state index contributed by atoms with van der Waals surface area (Å²) in [7, 11) is 0. The number of hydrogen-bond donors (Lipinski definition) is 2. The van der Waals surface area contributed by atoms with E-state index >= 15 is 0 Å². The highest BCUT2D eigenvalue weighted by Gasteiger charge is 2.34. The van der Waals surface area contributed by atoms with Gasteiger partial charge in [-0.05, 0) is 31.6 Å². The van der Waals surface area contributed by atoms with Crippen LogP contribution in [0.4, 0.5) is 8.78 Å². The topological polar surface area (TPSA) is 59.6 Å². The molecule has 0 spiro atoms. The molecule has 2 rings (SSSR count). The summed E-state index contributed by atoms with van der Waals surface area (Å²) in [6.45, 7) is 0.897. The second-order valence-electron chi connectivity index (χ2n) is 5.31. The summed E-state index contributed by atoms with van der Waals surface area (Å²) >= 11 is 5.21. The quantitative estimate of drug-likeness (QED) is 0.567. The Labute approximate surface area is 150 Å². The summed E-state index contributed by atoms with van der Waals surface area (Å²) in [5.41, 5.74) is 1.34. The van der Waals surface area contributed by atoms with Crippen LogP contribution in [0.15, 0.2) is 35.5 Å². The number of para-hydroxylation sites is 1. The van der Waals surface area contributed by atoms with Crippen LogP contribution in [0.1, 0.15) is 38.3 Å². The van der Waals surface area contributed by atoms with Gasteiger partial charge in [0, 0.05) is 11.3 Å². The van der Waals surface area contributed by atoms with E-state index in [1.165, 1.54) is 6.07 Å². The Hall–Kier alpha value is -2.22. The maximum Gasteiger partial charge on any atom is 0.387 e. The lowest BCUT2D eigenvalue weighted by molar-refractivity contribution is -0.139. The fraction of sp³-hybridized carbons (Fsp3) is 0.412. The summed E-state index contributed by atoms with van der Waals surface area (Å²) in [5.74, 6) is -0.539. The SMILES string of the molecule is CCCC1=C(C(=O)OCC)[C@@H](c2ccccc2OC(F)F)NC(=S)N1. The van der Waals surface area contributed by atoms with Crippen LogP contribution < -0.4 is 15.4 Å². The zero-order valence-corrected chi connectivity index (χ0v) is 14.8. The molecule has 8 heteroatoms. The standard InChI is InChI=1S/C17H20F2N2O3S/c1-3-7-11-13(15(22)23-4-2)14(21-17(25)20-11)10-8-5-6-9-12(10)24-16(18)19/h5-6,8-9,14,16H,3-4,7H2,1-2H3,(H2,20,21,25)/t14-/m1/s1. The van der Waals surface area contributed by atoms with Crippen molar-refractivity contribution in [2.45, 2.75) is 39.3 Å². The predicted molar refractivity (Wildman–Crippen MR) is 93.3 cm³/mol. The van der Waals surface area contributed by atoms with Crippen molar-refractivity contribution in [2.75, 3.05) is 6.61 Å². The summed E-state index contributed by atoms with van der Waals surface area (Å²) in [6, 6.07) is 5.58. The van der Waals surface area contributed by atoms with Crippen molar-refractivity contribution in [1.29, 1.82) is 0 Å². The molecule has 0 amide bonds. The Morgan fingerprint density at radius 1 is 1.32 bits per heavy atom. The molecule has 0 aliphatic carbocycles. The van der Waals surface area contributed by atoms with Gasteiger partial charge in [0.25, 0.3) is 0 Å². The summed E-state index contributed by atoms with van der Waals surface area (Å²) in [5, 5.41) is 6.25. The van der Waals surface area contributed by atoms with Crippen LogP contribution in [-0.4, -0.2) is 24.3 Å². The van der Waals surface area contributed by atoms with Crippen molar-refractivity contribution in [3.8, 4) is 5.75 Å². The molecule has 1 heterocycles. The van der Waals surface area contributed by atoms with Gasteiger partial charge in [-0.1, -0.05) is 31.5 Å². The third kappa shape index (κ3) is 4.66. The average Bonchev–Trinajstić information content (AvgIpc) is 2.54. The van der Waals surface area contributed by atoms with Gasteiger partial charge in [-0.2, -0.15) is 8.78 Å². The number of halogens is 2. The van der Waals surface area contributed by atoms with E-state index in [4.69, 9.17) is 17.0 Å². The van der Waals surface area contributed by atoms with Crippen LogP contribution in [0.25, 0.3) is 0 Å². The lowest BCUT2D eigenvalue weighted by Gasteiger charge is -2.31. The maximum absolute atomic E-state index is 12.7. The number of nitrogens with one attached hydrogen (secondary N) is 2. The number of hydrogen-bond acceptors (Lipinski definition) is 4. The zero-order valence-electron chi connectivity index (χ0n) is 14.0. The molecule has 0 aromatic heterocycles. The lowest BCUT2D eigenvalue weighted by Crippen LogP contribution is -2.46. The van der Waals surface area contributed by atoms with Gasteiger partial charge >= 0.3 is 12.6 Å². The first-order chi connectivity index (χ1) is 12.0. The third-order valence-corrected chi connectivity index (χ3v) is 3.81. The van der Waals surface area contributed by atoms with E-state index in [1.54, 1.807) is 25.1 Å². The molecule has 0 radical (unpaired) electrons. The Kier molecular flexibility index (Phi) is 6.69. The minimum absolute atomic E-state index is 0.0163. The highest BCUT2D eigenvalue weighted by atomic mass is 32.1. The Morgan fingerprint density at radius 2 is 2.04 bits per heavy atom. The van der Waals surface area contributed by atoms with Gasteiger partial charge in [-0.25, -0.2) is 4.79 Å². The van der Waals surface area contributed by atoms with Crippen LogP contribution in [-0.2, 0) is 9.53 Å². The Morgan fingerprint density at radius 3 is 2.68 bits per heavy atom. The van der Waals surface area contributed by atoms with Gasteiger partial charge < -0.3 is 20.1 Å². The predicted octanol–water partition coefficient (Wildman–Crippen LogP) is 3.42. The number of thiocarbonyl (C=S) groups is 1. The first-order valence-corrected chi connectivity index (χ1v) is 8.40. The monoisotopic (exact) mass is 370 g/mol. The number of carbonyl (C=O) groups excluding carboxylic acids is 1. The minimum atomic E-state index is -2.97. The van der Waals surface area contributed by atoms with Crippen molar-refractivity contribution in [3.05, 3.63) is 41.1 Å². The van der Waals surface area contributed by atoms with Gasteiger partial charge in [0.2, 0.25) is 0 Å². The van der Waals surface area contributed by atoms with E-state index in [0.29, 0.717) is 28.4 Å². The number of carbonyl (C=O) groups is 1. The zero-order chi connectivity index (χ0) is 18.4. The van der Waals surface area contributed by atoms with Crippen molar-refractivity contribution >= 4 is 23.3 Å². The molecule has 1 aliphatic rings. The van der Waals surface area contributed by atoms with Gasteiger partial charge in [-0.3, -0.25) is 0 Å². The van der Waals surface area contributed by atoms with Gasteiger partial charge in [0.15, 0.2) is 5.11 Å². The van der Waals surface area contributed by atoms with E-state index in [-0.39, 0.29) is 12.4 Å². The molecule has 0 saturated heterocycles. The summed E-state index contributed by atoms with van der Waals surface area (Å²) in [4.78, 5) is 12.5. The number of rotatable bonds is 7. The first-order valence-electron chi connectivity index (χ1n) is 7.99. The van der Waals surface area contributed by atoms with E-state index in [1.807, 2.05) is 6.92 Å². The number of esters is 1. The third-order valence-electron chi connectivity index (χ3n) is 3.60. The average molecular weight is 370 g/mol. The molecule has 0 fully saturated rings. The molecule has 5 nitrogen and oxygen atoms in total. The van der Waals surface area contributed by atoms with Crippen LogP contribution in [0, 0.1) is 0 Å². The van der Waals surface area contributed by atoms with Crippen molar-refractivity contribution in [3.63, 3.8) is 0 Å². The Balaban J connectivity index is 2.54. The molecule has 0 bridgehead atoms.